The van der Waals surface area contributed by atoms with Crippen LogP contribution < -0.4 is 15.4 Å². The van der Waals surface area contributed by atoms with Crippen molar-refractivity contribution < 1.29 is 4.74 Å². The second-order valence-corrected chi connectivity index (χ2v) is 7.88. The van der Waals surface area contributed by atoms with Crippen LogP contribution in [0.15, 0.2) is 23.3 Å². The van der Waals surface area contributed by atoms with Gasteiger partial charge in [0.2, 0.25) is 5.88 Å². The molecule has 2 N–H and O–H groups in total. The van der Waals surface area contributed by atoms with Gasteiger partial charge >= 0.3 is 0 Å². The molecule has 1 aromatic heterocycles. The van der Waals surface area contributed by atoms with Crippen molar-refractivity contribution in [2.24, 2.45) is 10.9 Å². The van der Waals surface area contributed by atoms with Gasteiger partial charge < -0.3 is 15.4 Å². The zero-order valence-corrected chi connectivity index (χ0v) is 18.0. The Hall–Kier alpha value is -0.700. The molecule has 1 aliphatic heterocycles. The quantitative estimate of drug-likeness (QED) is 0.342. The summed E-state index contributed by atoms with van der Waals surface area (Å²) in [6.07, 6.45) is 7.11. The van der Waals surface area contributed by atoms with E-state index >= 15 is 0 Å². The molecule has 1 unspecified atom stereocenters. The van der Waals surface area contributed by atoms with Crippen LogP contribution in [0.2, 0.25) is 0 Å². The maximum absolute atomic E-state index is 5.67. The predicted octanol–water partition coefficient (Wildman–Crippen LogP) is 3.44. The van der Waals surface area contributed by atoms with Crippen LogP contribution in [0, 0.1) is 5.92 Å². The van der Waals surface area contributed by atoms with Crippen molar-refractivity contribution in [1.82, 2.24) is 15.6 Å². The summed E-state index contributed by atoms with van der Waals surface area (Å²) in [5, 5.41) is 7.49. The fourth-order valence-electron chi connectivity index (χ4n) is 2.61. The highest BCUT2D eigenvalue weighted by atomic mass is 127. The highest BCUT2D eigenvalue weighted by Gasteiger charge is 2.22. The Morgan fingerprint density at radius 2 is 2.20 bits per heavy atom. The topological polar surface area (TPSA) is 58.5 Å². The number of rotatable bonds is 8. The summed E-state index contributed by atoms with van der Waals surface area (Å²) in [4.78, 5) is 9.04. The number of hydrogen-bond donors (Lipinski definition) is 2. The van der Waals surface area contributed by atoms with E-state index in [1.54, 1.807) is 0 Å². The lowest BCUT2D eigenvalue weighted by molar-refractivity contribution is 0.288. The largest absolute Gasteiger partial charge is 0.477 e. The Morgan fingerprint density at radius 3 is 2.84 bits per heavy atom. The van der Waals surface area contributed by atoms with Crippen molar-refractivity contribution in [3.8, 4) is 5.88 Å². The highest BCUT2D eigenvalue weighted by molar-refractivity contribution is 14.0. The van der Waals surface area contributed by atoms with Gasteiger partial charge in [-0.1, -0.05) is 6.07 Å². The van der Waals surface area contributed by atoms with Crippen LogP contribution in [-0.4, -0.2) is 41.6 Å². The third-order valence-electron chi connectivity index (χ3n) is 4.25. The van der Waals surface area contributed by atoms with Gasteiger partial charge in [-0.15, -0.1) is 24.0 Å². The molecular weight excluding hydrogens is 447 g/mol. The van der Waals surface area contributed by atoms with Gasteiger partial charge in [0.15, 0.2) is 5.96 Å². The number of guanidine groups is 1. The van der Waals surface area contributed by atoms with Crippen LogP contribution in [0.25, 0.3) is 0 Å². The lowest BCUT2D eigenvalue weighted by atomic mass is 10.2. The number of hydrogen-bond acceptors (Lipinski definition) is 4. The van der Waals surface area contributed by atoms with Gasteiger partial charge in [0.05, 0.1) is 13.2 Å². The molecule has 2 aliphatic rings. The summed E-state index contributed by atoms with van der Waals surface area (Å²) >= 11 is 2.06. The summed E-state index contributed by atoms with van der Waals surface area (Å²) in [6, 6.07) is 4.00. The predicted molar refractivity (Wildman–Crippen MR) is 116 cm³/mol. The average Bonchev–Trinajstić information content (AvgIpc) is 3.30. The van der Waals surface area contributed by atoms with Crippen molar-refractivity contribution in [3.63, 3.8) is 0 Å². The maximum Gasteiger partial charge on any atom is 0.213 e. The highest BCUT2D eigenvalue weighted by Crippen LogP contribution is 2.29. The third-order valence-corrected chi connectivity index (χ3v) is 5.64. The molecule has 1 saturated heterocycles. The zero-order valence-electron chi connectivity index (χ0n) is 14.9. The number of nitrogens with one attached hydrogen (secondary N) is 2. The first kappa shape index (κ1) is 20.6. The molecule has 1 saturated carbocycles. The first-order chi connectivity index (χ1) is 11.8. The number of ether oxygens (including phenoxy) is 1. The van der Waals surface area contributed by atoms with Gasteiger partial charge in [0, 0.05) is 30.6 Å². The normalized spacial score (nSPS) is 20.0. The number of halogens is 1. The molecule has 7 heteroatoms. The minimum atomic E-state index is 0. The van der Waals surface area contributed by atoms with Crippen molar-refractivity contribution in [1.29, 1.82) is 0 Å². The third kappa shape index (κ3) is 7.60. The Labute approximate surface area is 172 Å². The second-order valence-electron chi connectivity index (χ2n) is 6.47. The van der Waals surface area contributed by atoms with Gasteiger partial charge in [0.25, 0.3) is 0 Å². The number of nitrogens with zero attached hydrogens (tertiary/aromatic N) is 2. The molecule has 2 fully saturated rings. The van der Waals surface area contributed by atoms with Crippen molar-refractivity contribution in [2.75, 3.05) is 25.4 Å². The lowest BCUT2D eigenvalue weighted by Crippen LogP contribution is -2.40. The maximum atomic E-state index is 5.67. The average molecular weight is 476 g/mol. The first-order valence-corrected chi connectivity index (χ1v) is 10.1. The summed E-state index contributed by atoms with van der Waals surface area (Å²) in [5.41, 5.74) is 1.10. The SMILES string of the molecule is CCNC(=NCc1ccc(OCC2CC2)nc1)NCC1CCCS1.I. The molecule has 5 nitrogen and oxygen atoms in total. The van der Waals surface area contributed by atoms with Crippen molar-refractivity contribution >= 4 is 41.7 Å². The van der Waals surface area contributed by atoms with E-state index in [4.69, 9.17) is 4.74 Å². The monoisotopic (exact) mass is 476 g/mol. The molecule has 0 amide bonds. The minimum Gasteiger partial charge on any atom is -0.477 e. The summed E-state index contributed by atoms with van der Waals surface area (Å²) in [5.74, 6) is 3.65. The van der Waals surface area contributed by atoms with Gasteiger partial charge in [-0.25, -0.2) is 9.98 Å². The van der Waals surface area contributed by atoms with E-state index in [2.05, 4.69) is 45.4 Å². The summed E-state index contributed by atoms with van der Waals surface area (Å²) in [7, 11) is 0. The molecule has 2 heterocycles. The molecule has 0 aromatic carbocycles. The van der Waals surface area contributed by atoms with Crippen LogP contribution in [0.3, 0.4) is 0 Å². The molecule has 140 valence electrons. The number of pyridine rings is 1. The van der Waals surface area contributed by atoms with Gasteiger partial charge in [-0.2, -0.15) is 11.8 Å². The Kier molecular flexibility index (Phi) is 9.16. The molecule has 25 heavy (non-hydrogen) atoms. The van der Waals surface area contributed by atoms with E-state index in [0.717, 1.165) is 48.3 Å². The van der Waals surface area contributed by atoms with Crippen LogP contribution in [-0.2, 0) is 6.54 Å². The smallest absolute Gasteiger partial charge is 0.213 e. The number of aromatic nitrogens is 1. The van der Waals surface area contributed by atoms with E-state index < -0.39 is 0 Å². The molecule has 0 radical (unpaired) electrons. The van der Waals surface area contributed by atoms with Gasteiger partial charge in [-0.3, -0.25) is 0 Å². The van der Waals surface area contributed by atoms with Gasteiger partial charge in [-0.05, 0) is 49.8 Å². The molecule has 3 rings (SSSR count). The van der Waals surface area contributed by atoms with Crippen LogP contribution in [0.1, 0.15) is 38.2 Å². The molecule has 1 atom stereocenters. The Bertz CT molecular complexity index is 530. The van der Waals surface area contributed by atoms with E-state index in [1.165, 1.54) is 31.4 Å². The number of aliphatic imine (C=N–C) groups is 1. The van der Waals surface area contributed by atoms with E-state index in [-0.39, 0.29) is 24.0 Å². The molecule has 1 aromatic rings. The summed E-state index contributed by atoms with van der Waals surface area (Å²) < 4.78 is 5.67. The fourth-order valence-corrected chi connectivity index (χ4v) is 3.81. The standard InChI is InChI=1S/C18H28N4OS.HI/c1-2-19-18(22-12-16-4-3-9-24-16)21-11-15-7-8-17(20-10-15)23-13-14-5-6-14;/h7-8,10,14,16H,2-6,9,11-13H2,1H3,(H2,19,21,22);1H. The van der Waals surface area contributed by atoms with Crippen LogP contribution in [0.4, 0.5) is 0 Å². The zero-order chi connectivity index (χ0) is 16.6. The molecule has 1 aliphatic carbocycles. The van der Waals surface area contributed by atoms with Crippen LogP contribution >= 0.6 is 35.7 Å². The Morgan fingerprint density at radius 1 is 1.32 bits per heavy atom. The van der Waals surface area contributed by atoms with Crippen molar-refractivity contribution in [3.05, 3.63) is 23.9 Å². The fraction of sp³-hybridized carbons (Fsp3) is 0.667. The second kappa shape index (κ2) is 11.1. The van der Waals surface area contributed by atoms with E-state index in [9.17, 15) is 0 Å². The van der Waals surface area contributed by atoms with Crippen LogP contribution in [0.5, 0.6) is 5.88 Å². The first-order valence-electron chi connectivity index (χ1n) is 9.05. The Balaban J connectivity index is 0.00000225. The summed E-state index contributed by atoms with van der Waals surface area (Å²) in [6.45, 7) is 5.38. The van der Waals surface area contributed by atoms with Crippen molar-refractivity contribution in [2.45, 2.75) is 44.4 Å². The molecule has 0 spiro atoms. The molecule has 0 bridgehead atoms. The molecular formula is C18H29IN4OS. The van der Waals surface area contributed by atoms with E-state index in [0.29, 0.717) is 6.54 Å². The van der Waals surface area contributed by atoms with E-state index in [1.807, 2.05) is 12.3 Å². The van der Waals surface area contributed by atoms with Gasteiger partial charge in [0.1, 0.15) is 0 Å². The minimum absolute atomic E-state index is 0. The number of thioether (sulfide) groups is 1. The lowest BCUT2D eigenvalue weighted by Gasteiger charge is -2.14.